The predicted molar refractivity (Wildman–Crippen MR) is 95.2 cm³/mol. The molecule has 5 nitrogen and oxygen atoms in total. The number of nitrogens with one attached hydrogen (secondary N) is 2. The van der Waals surface area contributed by atoms with E-state index in [1.54, 1.807) is 36.4 Å². The summed E-state index contributed by atoms with van der Waals surface area (Å²) in [5.74, 6) is -0.910. The summed E-state index contributed by atoms with van der Waals surface area (Å²) in [5, 5.41) is 5.79. The molecule has 3 rings (SSSR count). The average Bonchev–Trinajstić information content (AvgIpc) is 3.07. The summed E-state index contributed by atoms with van der Waals surface area (Å²) in [5.41, 5.74) is 0.660. The topological polar surface area (TPSA) is 61.4 Å². The summed E-state index contributed by atoms with van der Waals surface area (Å²) in [6.07, 6.45) is 1.24. The number of anilines is 2. The van der Waals surface area contributed by atoms with Crippen molar-refractivity contribution >= 4 is 34.9 Å². The summed E-state index contributed by atoms with van der Waals surface area (Å²) < 4.78 is 13.7. The first-order valence-electron chi connectivity index (χ1n) is 7.93. The minimum atomic E-state index is -0.640. The van der Waals surface area contributed by atoms with Crippen molar-refractivity contribution < 1.29 is 14.0 Å². The molecular weight excluding hydrogens is 345 g/mol. The highest BCUT2D eigenvalue weighted by Crippen LogP contribution is 2.22. The Morgan fingerprint density at radius 1 is 1.12 bits per heavy atom. The van der Waals surface area contributed by atoms with E-state index < -0.39 is 17.8 Å². The highest BCUT2D eigenvalue weighted by atomic mass is 35.5. The van der Waals surface area contributed by atoms with Gasteiger partial charge in [-0.3, -0.25) is 4.79 Å². The van der Waals surface area contributed by atoms with Gasteiger partial charge >= 0.3 is 6.03 Å². The molecule has 2 aromatic rings. The fraction of sp³-hybridized carbons (Fsp3) is 0.222. The zero-order valence-corrected chi connectivity index (χ0v) is 14.1. The highest BCUT2D eigenvalue weighted by Gasteiger charge is 2.34. The van der Waals surface area contributed by atoms with Gasteiger partial charge in [0.1, 0.15) is 11.9 Å². The molecule has 3 amide bonds. The lowest BCUT2D eigenvalue weighted by Gasteiger charge is -2.24. The number of carbonyl (C=O) groups is 2. The van der Waals surface area contributed by atoms with Crippen molar-refractivity contribution in [1.82, 2.24) is 4.90 Å². The molecule has 1 aliphatic heterocycles. The van der Waals surface area contributed by atoms with Gasteiger partial charge in [0, 0.05) is 17.3 Å². The standard InChI is InChI=1S/C18H17ClFN3O2/c19-12-5-3-6-13(11-12)21-18(25)23-10-4-9-16(23)17(24)22-15-8-2-1-7-14(15)20/h1-3,5-8,11,16H,4,9-10H2,(H,21,25)(H,22,24). The number of halogens is 2. The molecule has 130 valence electrons. The Labute approximate surface area is 149 Å². The second kappa shape index (κ2) is 7.53. The van der Waals surface area contributed by atoms with Gasteiger partial charge < -0.3 is 15.5 Å². The Morgan fingerprint density at radius 3 is 2.68 bits per heavy atom. The zero-order chi connectivity index (χ0) is 17.8. The summed E-state index contributed by atoms with van der Waals surface area (Å²) >= 11 is 5.91. The fourth-order valence-corrected chi connectivity index (χ4v) is 3.01. The molecule has 0 radical (unpaired) electrons. The molecule has 0 bridgehead atoms. The average molecular weight is 362 g/mol. The lowest BCUT2D eigenvalue weighted by atomic mass is 10.2. The van der Waals surface area contributed by atoms with Crippen molar-refractivity contribution in [2.75, 3.05) is 17.2 Å². The molecule has 1 atom stereocenters. The van der Waals surface area contributed by atoms with Crippen LogP contribution in [0.4, 0.5) is 20.6 Å². The quantitative estimate of drug-likeness (QED) is 0.864. The van der Waals surface area contributed by atoms with Gasteiger partial charge in [-0.15, -0.1) is 0 Å². The first-order valence-corrected chi connectivity index (χ1v) is 8.31. The highest BCUT2D eigenvalue weighted by molar-refractivity contribution is 6.30. The van der Waals surface area contributed by atoms with Gasteiger partial charge in [0.25, 0.3) is 0 Å². The van der Waals surface area contributed by atoms with Crippen LogP contribution in [0.25, 0.3) is 0 Å². The number of carbonyl (C=O) groups excluding carboxylic acids is 2. The van der Waals surface area contributed by atoms with Gasteiger partial charge in [0.2, 0.25) is 5.91 Å². The van der Waals surface area contributed by atoms with E-state index in [4.69, 9.17) is 11.6 Å². The third kappa shape index (κ3) is 4.09. The number of hydrogen-bond donors (Lipinski definition) is 2. The Morgan fingerprint density at radius 2 is 1.92 bits per heavy atom. The van der Waals surface area contributed by atoms with Crippen LogP contribution in [0.3, 0.4) is 0 Å². The van der Waals surface area contributed by atoms with Gasteiger partial charge in [-0.25, -0.2) is 9.18 Å². The molecule has 1 unspecified atom stereocenters. The van der Waals surface area contributed by atoms with Crippen LogP contribution in [-0.4, -0.2) is 29.4 Å². The van der Waals surface area contributed by atoms with Crippen LogP contribution in [0.2, 0.25) is 5.02 Å². The fourth-order valence-electron chi connectivity index (χ4n) is 2.82. The summed E-state index contributed by atoms with van der Waals surface area (Å²) in [6, 6.07) is 11.7. The smallest absolute Gasteiger partial charge is 0.322 e. The Kier molecular flexibility index (Phi) is 5.19. The number of hydrogen-bond acceptors (Lipinski definition) is 2. The molecular formula is C18H17ClFN3O2. The van der Waals surface area contributed by atoms with Crippen LogP contribution < -0.4 is 10.6 Å². The number of para-hydroxylation sites is 1. The summed E-state index contributed by atoms with van der Waals surface area (Å²) in [4.78, 5) is 26.4. The van der Waals surface area contributed by atoms with E-state index in [9.17, 15) is 14.0 Å². The van der Waals surface area contributed by atoms with Gasteiger partial charge in [0.15, 0.2) is 0 Å². The van der Waals surface area contributed by atoms with Crippen LogP contribution >= 0.6 is 11.6 Å². The molecule has 0 saturated carbocycles. The van der Waals surface area contributed by atoms with Crippen molar-refractivity contribution in [2.24, 2.45) is 0 Å². The monoisotopic (exact) mass is 361 g/mol. The molecule has 7 heteroatoms. The normalized spacial score (nSPS) is 16.6. The van der Waals surface area contributed by atoms with E-state index in [2.05, 4.69) is 10.6 Å². The lowest BCUT2D eigenvalue weighted by Crippen LogP contribution is -2.45. The first kappa shape index (κ1) is 17.2. The number of nitrogens with zero attached hydrogens (tertiary/aromatic N) is 1. The van der Waals surface area contributed by atoms with Crippen LogP contribution in [0, 0.1) is 5.82 Å². The molecule has 1 saturated heterocycles. The number of urea groups is 1. The first-order chi connectivity index (χ1) is 12.0. The van der Waals surface area contributed by atoms with Gasteiger partial charge in [-0.05, 0) is 43.2 Å². The molecule has 2 aromatic carbocycles. The third-order valence-electron chi connectivity index (χ3n) is 4.02. The van der Waals surface area contributed by atoms with Crippen molar-refractivity contribution in [3.05, 3.63) is 59.4 Å². The number of rotatable bonds is 3. The molecule has 0 spiro atoms. The number of likely N-dealkylation sites (tertiary alicyclic amines) is 1. The Hall–Kier alpha value is -2.60. The van der Waals surface area contributed by atoms with Crippen molar-refractivity contribution in [3.8, 4) is 0 Å². The van der Waals surface area contributed by atoms with E-state index in [0.29, 0.717) is 30.1 Å². The van der Waals surface area contributed by atoms with Crippen molar-refractivity contribution in [2.45, 2.75) is 18.9 Å². The number of benzene rings is 2. The zero-order valence-electron chi connectivity index (χ0n) is 13.3. The van der Waals surface area contributed by atoms with Crippen LogP contribution in [0.1, 0.15) is 12.8 Å². The van der Waals surface area contributed by atoms with Gasteiger partial charge in [0.05, 0.1) is 5.69 Å². The molecule has 2 N–H and O–H groups in total. The molecule has 1 aliphatic rings. The van der Waals surface area contributed by atoms with Crippen molar-refractivity contribution in [1.29, 1.82) is 0 Å². The molecule has 0 aromatic heterocycles. The second-order valence-electron chi connectivity index (χ2n) is 5.76. The van der Waals surface area contributed by atoms with Crippen LogP contribution in [0.5, 0.6) is 0 Å². The van der Waals surface area contributed by atoms with E-state index in [0.717, 1.165) is 0 Å². The van der Waals surface area contributed by atoms with E-state index in [1.807, 2.05) is 0 Å². The minimum absolute atomic E-state index is 0.106. The summed E-state index contributed by atoms with van der Waals surface area (Å²) in [6.45, 7) is 0.460. The molecule has 0 aliphatic carbocycles. The van der Waals surface area contributed by atoms with Crippen LogP contribution in [0.15, 0.2) is 48.5 Å². The minimum Gasteiger partial charge on any atom is -0.322 e. The summed E-state index contributed by atoms with van der Waals surface area (Å²) in [7, 11) is 0. The van der Waals surface area contributed by atoms with E-state index in [1.165, 1.54) is 17.0 Å². The largest absolute Gasteiger partial charge is 0.322 e. The van der Waals surface area contributed by atoms with E-state index >= 15 is 0 Å². The maximum absolute atomic E-state index is 13.7. The SMILES string of the molecule is O=C(Nc1ccccc1F)C1CCCN1C(=O)Nc1cccc(Cl)c1. The molecule has 25 heavy (non-hydrogen) atoms. The molecule has 1 fully saturated rings. The van der Waals surface area contributed by atoms with E-state index in [-0.39, 0.29) is 11.7 Å². The third-order valence-corrected chi connectivity index (χ3v) is 4.26. The van der Waals surface area contributed by atoms with Gasteiger partial charge in [-0.2, -0.15) is 0 Å². The Bertz CT molecular complexity index is 799. The molecule has 1 heterocycles. The maximum Gasteiger partial charge on any atom is 0.322 e. The lowest BCUT2D eigenvalue weighted by molar-refractivity contribution is -0.119. The van der Waals surface area contributed by atoms with Gasteiger partial charge in [-0.1, -0.05) is 29.8 Å². The Balaban J connectivity index is 1.68. The maximum atomic E-state index is 13.7. The predicted octanol–water partition coefficient (Wildman–Crippen LogP) is 4.11. The van der Waals surface area contributed by atoms with Crippen molar-refractivity contribution in [3.63, 3.8) is 0 Å². The number of amides is 3. The second-order valence-corrected chi connectivity index (χ2v) is 6.20. The van der Waals surface area contributed by atoms with Crippen LogP contribution in [-0.2, 0) is 4.79 Å².